The van der Waals surface area contributed by atoms with E-state index in [4.69, 9.17) is 4.74 Å². The number of hydrogen-bond donors (Lipinski definition) is 0. The zero-order valence-corrected chi connectivity index (χ0v) is 13.4. The molecule has 0 atom stereocenters. The molecule has 3 aromatic carbocycles. The summed E-state index contributed by atoms with van der Waals surface area (Å²) in [5.41, 5.74) is 3.81. The van der Waals surface area contributed by atoms with Gasteiger partial charge in [0.05, 0.1) is 0 Å². The fraction of sp³-hybridized carbons (Fsp3) is 0.143. The van der Waals surface area contributed by atoms with Crippen molar-refractivity contribution in [3.05, 3.63) is 95.6 Å². The van der Waals surface area contributed by atoms with Gasteiger partial charge in [0.25, 0.3) is 0 Å². The summed E-state index contributed by atoms with van der Waals surface area (Å²) in [6.07, 6.45) is 0. The van der Waals surface area contributed by atoms with Crippen molar-refractivity contribution in [2.24, 2.45) is 0 Å². The van der Waals surface area contributed by atoms with E-state index in [1.54, 1.807) is 0 Å². The molecule has 0 aliphatic heterocycles. The van der Waals surface area contributed by atoms with Gasteiger partial charge in [-0.1, -0.05) is 71.3 Å². The average Bonchev–Trinajstić information content (AvgIpc) is 2.53. The second-order valence-corrected chi connectivity index (χ2v) is 5.38. The van der Waals surface area contributed by atoms with Crippen LogP contribution in [0.25, 0.3) is 0 Å². The Labute approximate surface area is 133 Å². The number of rotatable bonds is 2. The van der Waals surface area contributed by atoms with Gasteiger partial charge in [-0.15, -0.1) is 0 Å². The Hall–Kier alpha value is -2.54. The molecule has 0 aliphatic carbocycles. The molecule has 1 nitrogen and oxygen atoms in total. The van der Waals surface area contributed by atoms with E-state index in [1.165, 1.54) is 16.7 Å². The molecule has 0 saturated heterocycles. The van der Waals surface area contributed by atoms with Crippen molar-refractivity contribution < 1.29 is 4.74 Å². The zero-order valence-electron chi connectivity index (χ0n) is 13.4. The van der Waals surface area contributed by atoms with Gasteiger partial charge in [-0.2, -0.15) is 0 Å². The summed E-state index contributed by atoms with van der Waals surface area (Å²) in [4.78, 5) is 0. The average molecular weight is 290 g/mol. The van der Waals surface area contributed by atoms with Crippen molar-refractivity contribution >= 4 is 0 Å². The molecule has 0 bridgehead atoms. The molecule has 0 heterocycles. The Bertz CT molecular complexity index is 624. The summed E-state index contributed by atoms with van der Waals surface area (Å²) in [5, 5.41) is 0. The van der Waals surface area contributed by atoms with Crippen molar-refractivity contribution in [2.45, 2.75) is 20.8 Å². The van der Waals surface area contributed by atoms with E-state index in [-0.39, 0.29) is 0 Å². The number of aryl methyl sites for hydroxylation is 3. The number of ether oxygens (including phenoxy) is 1. The van der Waals surface area contributed by atoms with Crippen LogP contribution in [0.4, 0.5) is 0 Å². The highest BCUT2D eigenvalue weighted by Crippen LogP contribution is 2.21. The van der Waals surface area contributed by atoms with Crippen LogP contribution in [-0.4, -0.2) is 0 Å². The summed E-state index contributed by atoms with van der Waals surface area (Å²) in [6, 6.07) is 26.4. The molecule has 3 aromatic rings. The molecule has 112 valence electrons. The largest absolute Gasteiger partial charge is 0.457 e. The standard InChI is InChI=1S/C14H14O.C7H8/c1-11-3-7-13(8-4-11)15-14-9-5-12(2)6-10-14;1-7-5-3-2-4-6-7/h3-10H,1-2H3;2-6H,1H3. The van der Waals surface area contributed by atoms with Crippen LogP contribution in [0.3, 0.4) is 0 Å². The summed E-state index contributed by atoms with van der Waals surface area (Å²) >= 11 is 0. The van der Waals surface area contributed by atoms with Gasteiger partial charge >= 0.3 is 0 Å². The Morgan fingerprint density at radius 3 is 1.14 bits per heavy atom. The van der Waals surface area contributed by atoms with Crippen LogP contribution in [0.5, 0.6) is 11.5 Å². The van der Waals surface area contributed by atoms with Crippen LogP contribution in [-0.2, 0) is 0 Å². The second-order valence-electron chi connectivity index (χ2n) is 5.38. The van der Waals surface area contributed by atoms with Crippen LogP contribution in [0, 0.1) is 20.8 Å². The SMILES string of the molecule is Cc1ccc(Oc2ccc(C)cc2)cc1.Cc1ccccc1. The van der Waals surface area contributed by atoms with E-state index in [0.717, 1.165) is 11.5 Å². The Kier molecular flexibility index (Phi) is 5.79. The first-order valence-corrected chi connectivity index (χ1v) is 7.46. The minimum atomic E-state index is 0.879. The molecule has 0 radical (unpaired) electrons. The van der Waals surface area contributed by atoms with Crippen molar-refractivity contribution in [3.8, 4) is 11.5 Å². The van der Waals surface area contributed by atoms with E-state index in [9.17, 15) is 0 Å². The van der Waals surface area contributed by atoms with E-state index in [2.05, 4.69) is 32.9 Å². The minimum absolute atomic E-state index is 0.879. The van der Waals surface area contributed by atoms with E-state index in [0.29, 0.717) is 0 Å². The molecule has 0 aromatic heterocycles. The summed E-state index contributed by atoms with van der Waals surface area (Å²) in [5.74, 6) is 1.76. The van der Waals surface area contributed by atoms with Crippen LogP contribution < -0.4 is 4.74 Å². The summed E-state index contributed by atoms with van der Waals surface area (Å²) < 4.78 is 5.69. The van der Waals surface area contributed by atoms with Gasteiger partial charge in [-0.25, -0.2) is 0 Å². The predicted octanol–water partition coefficient (Wildman–Crippen LogP) is 6.09. The molecule has 0 fully saturated rings. The van der Waals surface area contributed by atoms with Gasteiger partial charge in [0.2, 0.25) is 0 Å². The second kappa shape index (κ2) is 8.04. The summed E-state index contributed by atoms with van der Waals surface area (Å²) in [7, 11) is 0. The quantitative estimate of drug-likeness (QED) is 0.555. The van der Waals surface area contributed by atoms with Crippen LogP contribution in [0.15, 0.2) is 78.9 Å². The zero-order chi connectivity index (χ0) is 15.8. The molecule has 0 saturated carbocycles. The summed E-state index contributed by atoms with van der Waals surface area (Å²) in [6.45, 7) is 6.21. The monoisotopic (exact) mass is 290 g/mol. The van der Waals surface area contributed by atoms with Crippen molar-refractivity contribution in [1.82, 2.24) is 0 Å². The Morgan fingerprint density at radius 1 is 0.455 bits per heavy atom. The first-order chi connectivity index (χ1) is 10.6. The lowest BCUT2D eigenvalue weighted by Crippen LogP contribution is -1.84. The van der Waals surface area contributed by atoms with Crippen LogP contribution in [0.2, 0.25) is 0 Å². The molecule has 0 aliphatic rings. The van der Waals surface area contributed by atoms with Gasteiger partial charge < -0.3 is 4.74 Å². The van der Waals surface area contributed by atoms with Crippen molar-refractivity contribution in [2.75, 3.05) is 0 Å². The highest BCUT2D eigenvalue weighted by Gasteiger charge is 1.95. The molecule has 0 unspecified atom stereocenters. The van der Waals surface area contributed by atoms with E-state index < -0.39 is 0 Å². The Balaban J connectivity index is 0.000000211. The van der Waals surface area contributed by atoms with Gasteiger partial charge in [0.1, 0.15) is 11.5 Å². The van der Waals surface area contributed by atoms with Gasteiger partial charge in [0.15, 0.2) is 0 Å². The fourth-order valence-corrected chi connectivity index (χ4v) is 1.88. The first kappa shape index (κ1) is 15.8. The van der Waals surface area contributed by atoms with Crippen LogP contribution >= 0.6 is 0 Å². The molecule has 3 rings (SSSR count). The highest BCUT2D eigenvalue weighted by atomic mass is 16.5. The molecule has 0 N–H and O–H groups in total. The number of benzene rings is 3. The topological polar surface area (TPSA) is 9.23 Å². The number of hydrogen-bond acceptors (Lipinski definition) is 1. The smallest absolute Gasteiger partial charge is 0.127 e. The molecular formula is C21H22O. The maximum atomic E-state index is 5.69. The lowest BCUT2D eigenvalue weighted by molar-refractivity contribution is 0.482. The molecule has 1 heteroatoms. The van der Waals surface area contributed by atoms with Gasteiger partial charge in [0, 0.05) is 0 Å². The van der Waals surface area contributed by atoms with Gasteiger partial charge in [-0.3, -0.25) is 0 Å². The Morgan fingerprint density at radius 2 is 0.818 bits per heavy atom. The molecular weight excluding hydrogens is 268 g/mol. The van der Waals surface area contributed by atoms with E-state index >= 15 is 0 Å². The van der Waals surface area contributed by atoms with Crippen LogP contribution in [0.1, 0.15) is 16.7 Å². The third kappa shape index (κ3) is 5.45. The lowest BCUT2D eigenvalue weighted by atomic mass is 10.2. The predicted molar refractivity (Wildman–Crippen MR) is 93.6 cm³/mol. The highest BCUT2D eigenvalue weighted by molar-refractivity contribution is 5.33. The minimum Gasteiger partial charge on any atom is -0.457 e. The fourth-order valence-electron chi connectivity index (χ4n) is 1.88. The molecule has 0 amide bonds. The first-order valence-electron chi connectivity index (χ1n) is 7.46. The maximum Gasteiger partial charge on any atom is 0.127 e. The maximum absolute atomic E-state index is 5.69. The third-order valence-corrected chi connectivity index (χ3v) is 3.22. The normalized spacial score (nSPS) is 9.59. The van der Waals surface area contributed by atoms with Gasteiger partial charge in [-0.05, 0) is 45.0 Å². The van der Waals surface area contributed by atoms with E-state index in [1.807, 2.05) is 66.7 Å². The molecule has 0 spiro atoms. The van der Waals surface area contributed by atoms with Crippen molar-refractivity contribution in [3.63, 3.8) is 0 Å². The third-order valence-electron chi connectivity index (χ3n) is 3.22. The lowest BCUT2D eigenvalue weighted by Gasteiger charge is -2.05. The molecule has 22 heavy (non-hydrogen) atoms. The van der Waals surface area contributed by atoms with Crippen molar-refractivity contribution in [1.29, 1.82) is 0 Å².